The Bertz CT molecular complexity index is 2440. The average Bonchev–Trinajstić information content (AvgIpc) is 0.777. The number of hydrogen-bond donors (Lipinski definition) is 2. The van der Waals surface area contributed by atoms with Gasteiger partial charge in [0.2, 0.25) is 5.91 Å². The molecule has 93 heavy (non-hydrogen) atoms. The molecule has 2 rings (SSSR count). The second-order valence-corrected chi connectivity index (χ2v) is 28.5. The van der Waals surface area contributed by atoms with Gasteiger partial charge >= 0.3 is 41.8 Å². The van der Waals surface area contributed by atoms with Crippen molar-refractivity contribution in [1.82, 2.24) is 15.2 Å². The third-order valence-electron chi connectivity index (χ3n) is 16.6. The van der Waals surface area contributed by atoms with E-state index >= 15 is 0 Å². The van der Waals surface area contributed by atoms with Gasteiger partial charge in [0.25, 0.3) is 0 Å². The number of rotatable bonds is 50. The highest BCUT2D eigenvalue weighted by Crippen LogP contribution is 2.53. The third kappa shape index (κ3) is 29.4. The molecule has 5 unspecified atom stereocenters. The van der Waals surface area contributed by atoms with Crippen LogP contribution in [0.25, 0.3) is 0 Å². The van der Waals surface area contributed by atoms with E-state index in [9.17, 15) is 43.5 Å². The molecule has 0 saturated carbocycles. The molecule has 0 aliphatic carbocycles. The van der Waals surface area contributed by atoms with Gasteiger partial charge in [-0.25, -0.2) is 4.98 Å². The van der Waals surface area contributed by atoms with Crippen LogP contribution in [0.3, 0.4) is 0 Å². The number of amides is 1. The summed E-state index contributed by atoms with van der Waals surface area (Å²) in [5, 5.41) is 12.3. The lowest BCUT2D eigenvalue weighted by molar-refractivity contribution is -0.255. The summed E-state index contributed by atoms with van der Waals surface area (Å²) < 4.78 is 64.2. The molecule has 2 heterocycles. The van der Waals surface area contributed by atoms with Gasteiger partial charge in [-0.3, -0.25) is 38.4 Å². The second kappa shape index (κ2) is 42.9. The molecule has 2 radical (unpaired) electrons. The molecule has 1 amide bonds. The number of aromatic nitrogens is 1. The zero-order chi connectivity index (χ0) is 69.9. The van der Waals surface area contributed by atoms with Gasteiger partial charge in [0.15, 0.2) is 6.29 Å². The maximum absolute atomic E-state index is 14.9. The number of pyridine rings is 1. The Morgan fingerprint density at radius 3 is 1.80 bits per heavy atom. The van der Waals surface area contributed by atoms with Gasteiger partial charge in [-0.2, -0.15) is 0 Å². The Morgan fingerprint density at radius 1 is 0.656 bits per heavy atom. The average molecular weight is 1350 g/mol. The summed E-state index contributed by atoms with van der Waals surface area (Å²) in [5.41, 5.74) is -6.40. The zero-order valence-electron chi connectivity index (χ0n) is 58.7. The van der Waals surface area contributed by atoms with Crippen LogP contribution < -0.4 is 5.32 Å². The fourth-order valence-corrected chi connectivity index (χ4v) is 12.9. The third-order valence-corrected chi connectivity index (χ3v) is 18.9. The summed E-state index contributed by atoms with van der Waals surface area (Å²) in [6.07, 6.45) is 2.07. The van der Waals surface area contributed by atoms with Crippen LogP contribution in [0.5, 0.6) is 0 Å². The number of carboxylic acids is 1. The van der Waals surface area contributed by atoms with E-state index in [2.05, 4.69) is 10.3 Å². The molecule has 10 atom stereocenters. The van der Waals surface area contributed by atoms with Gasteiger partial charge in [0, 0.05) is 55.5 Å². The summed E-state index contributed by atoms with van der Waals surface area (Å²) in [6.45, 7) is 25.4. The van der Waals surface area contributed by atoms with Crippen LogP contribution in [0.2, 0.25) is 23.3 Å². The molecule has 0 bridgehead atoms. The summed E-state index contributed by atoms with van der Waals surface area (Å²) >= 11 is 0. The molecule has 27 heteroatoms. The molecule has 1 saturated heterocycles. The van der Waals surface area contributed by atoms with Crippen LogP contribution in [0.1, 0.15) is 161 Å². The summed E-state index contributed by atoms with van der Waals surface area (Å²) in [6, 6.07) is 4.84. The minimum atomic E-state index is -1.71. The summed E-state index contributed by atoms with van der Waals surface area (Å²) in [7, 11) is 9.90. The molecular weight excluding hydrogens is 1240 g/mol. The fourth-order valence-electron chi connectivity index (χ4n) is 11.2. The quantitative estimate of drug-likeness (QED) is 0.0202. The molecule has 0 spiro atoms. The topological polar surface area (TPSA) is 286 Å². The number of aliphatic carboxylic acids is 1. The second-order valence-electron chi connectivity index (χ2n) is 26.1. The molecule has 2 N–H and O–H groups in total. The van der Waals surface area contributed by atoms with Crippen molar-refractivity contribution in [3.05, 3.63) is 24.4 Å². The lowest BCUT2D eigenvalue weighted by Crippen LogP contribution is -2.62. The van der Waals surface area contributed by atoms with E-state index in [0.717, 1.165) is 11.4 Å². The van der Waals surface area contributed by atoms with Crippen LogP contribution in [0.4, 0.5) is 0 Å². The highest BCUT2D eigenvalue weighted by Gasteiger charge is 2.56. The largest absolute Gasteiger partial charge is 0.481 e. The number of hydrogen-bond acceptors (Lipinski definition) is 23. The summed E-state index contributed by atoms with van der Waals surface area (Å²) in [5.74, 6) is -5.07. The molecule has 1 aromatic rings. The standard InChI is InChI=1S/C66H111B2N3O20S2/c1-17-22-30-85-57(77)62(11,44-66(26-18-2,55(74)75)42-61(9,10)56(76)89-40-41-92-93-51-25-23-24-27-69-51)43-63(12,58(78)86-31-28-71(15)16)45-67-65(14,60(80)88-38-35-81-29-19-3)46-68-64(13,21-5)59(79)87-39-36-83-33-32-82-34-37-84-54-52(70-48(7)72)53(90-49(8)73)47(6)50(20-4)91-54/h23-25,27,47,50,52-54H,17-22,26,28-46H2,1-16H3,(H,70,72)(H,74,75)/t47-,50+,52+,53-,54+,62?,63?,64?,65?,66?/m0/s1. The lowest BCUT2D eigenvalue weighted by Gasteiger charge is -2.44. The van der Waals surface area contributed by atoms with Gasteiger partial charge in [-0.1, -0.05) is 97.7 Å². The van der Waals surface area contributed by atoms with Crippen LogP contribution in [-0.2, 0) is 90.5 Å². The highest BCUT2D eigenvalue weighted by molar-refractivity contribution is 8.76. The molecule has 1 aliphatic heterocycles. The Morgan fingerprint density at radius 2 is 1.24 bits per heavy atom. The first-order chi connectivity index (χ1) is 43.9. The van der Waals surface area contributed by atoms with Gasteiger partial charge in [0.1, 0.15) is 58.2 Å². The van der Waals surface area contributed by atoms with Crippen LogP contribution in [0.15, 0.2) is 29.4 Å². The van der Waals surface area contributed by atoms with Crippen molar-refractivity contribution in [2.24, 2.45) is 27.6 Å². The van der Waals surface area contributed by atoms with E-state index in [0.29, 0.717) is 44.6 Å². The summed E-state index contributed by atoms with van der Waals surface area (Å²) in [4.78, 5) is 117. The van der Waals surface area contributed by atoms with Crippen LogP contribution in [0, 0.1) is 27.6 Å². The highest BCUT2D eigenvalue weighted by atomic mass is 33.1. The first kappa shape index (κ1) is 84.6. The Labute approximate surface area is 563 Å². The number of carbonyl (C=O) groups is 8. The van der Waals surface area contributed by atoms with E-state index in [4.69, 9.17) is 52.1 Å². The number of carbonyl (C=O) groups excluding carboxylic acids is 7. The number of nitrogens with zero attached hydrogens (tertiary/aromatic N) is 2. The molecule has 528 valence electrons. The lowest BCUT2D eigenvalue weighted by atomic mass is 9.36. The van der Waals surface area contributed by atoms with Gasteiger partial charge in [-0.15, -0.1) is 0 Å². The number of unbranched alkanes of at least 4 members (excludes halogenated alkanes) is 1. The van der Waals surface area contributed by atoms with E-state index in [1.807, 2.05) is 78.7 Å². The minimum absolute atomic E-state index is 0.0256. The SMILES string of the molecule is CCCCOC(=O)C(C)(CC(C)(C[B]C(C)(C[B]C(C)(CC)C(=O)OCCOCCOCCO[C@@H]1O[C@H](CC)[C@H](C)[C@H](OC(C)=O)[C@H]1NC(C)=O)C(=O)OCCOCCC)C(=O)OCCN(C)C)CC(CCC)(CC(C)(C)C(=O)OCCSSc1ccccn1)C(=O)O. The van der Waals surface area contributed by atoms with Crippen LogP contribution in [-0.4, -0.2) is 207 Å². The van der Waals surface area contributed by atoms with E-state index in [1.54, 1.807) is 62.3 Å². The van der Waals surface area contributed by atoms with E-state index in [-0.39, 0.29) is 135 Å². The predicted octanol–water partition coefficient (Wildman–Crippen LogP) is 9.68. The van der Waals surface area contributed by atoms with Gasteiger partial charge in [-0.05, 0) is 116 Å². The zero-order valence-corrected chi connectivity index (χ0v) is 60.3. The van der Waals surface area contributed by atoms with Crippen molar-refractivity contribution >= 4 is 83.8 Å². The van der Waals surface area contributed by atoms with Crippen molar-refractivity contribution in [2.75, 3.05) is 106 Å². The van der Waals surface area contributed by atoms with Gasteiger partial charge < -0.3 is 67.4 Å². The van der Waals surface area contributed by atoms with Crippen LogP contribution >= 0.6 is 21.6 Å². The van der Waals surface area contributed by atoms with Gasteiger partial charge in [0.05, 0.1) is 74.0 Å². The first-order valence-corrected chi connectivity index (χ1v) is 35.3. The molecule has 1 aromatic heterocycles. The van der Waals surface area contributed by atoms with Crippen molar-refractivity contribution in [3.63, 3.8) is 0 Å². The Balaban J connectivity index is 2.40. The maximum atomic E-state index is 14.9. The molecular formula is C66H111B2N3O20S2. The molecule has 1 aliphatic rings. The number of ether oxygens (including phenoxy) is 11. The predicted molar refractivity (Wildman–Crippen MR) is 358 cm³/mol. The maximum Gasteiger partial charge on any atom is 0.311 e. The smallest absolute Gasteiger partial charge is 0.311 e. The Hall–Kier alpha value is -4.50. The molecule has 1 fully saturated rings. The monoisotopic (exact) mass is 1350 g/mol. The normalized spacial score (nSPS) is 19.8. The number of nitrogens with one attached hydrogen (secondary N) is 1. The first-order valence-electron chi connectivity index (χ1n) is 33.0. The van der Waals surface area contributed by atoms with Crippen molar-refractivity contribution in [2.45, 2.75) is 214 Å². The number of carboxylic acid groups (broad SMARTS) is 1. The minimum Gasteiger partial charge on any atom is -0.481 e. The molecule has 0 aromatic carbocycles. The van der Waals surface area contributed by atoms with Crippen molar-refractivity contribution < 1.29 is 95.6 Å². The fraction of sp³-hybridized carbons (Fsp3) is 0.803. The van der Waals surface area contributed by atoms with E-state index in [1.165, 1.54) is 35.4 Å². The van der Waals surface area contributed by atoms with Crippen molar-refractivity contribution in [3.8, 4) is 0 Å². The number of esters is 6. The Kier molecular flexibility index (Phi) is 39.0. The number of likely N-dealkylation sites (N-methyl/N-ethyl adjacent to an activating group) is 1. The van der Waals surface area contributed by atoms with E-state index < -0.39 is 92.5 Å². The van der Waals surface area contributed by atoms with Crippen molar-refractivity contribution in [1.29, 1.82) is 0 Å². The molecule has 23 nitrogen and oxygen atoms in total.